The fourth-order valence-corrected chi connectivity index (χ4v) is 3.77. The average Bonchev–Trinajstić information content (AvgIpc) is 3.35. The number of amides is 2. The number of furan rings is 1. The monoisotopic (exact) mass is 368 g/mol. The molecule has 3 heterocycles. The number of rotatable bonds is 4. The Kier molecular flexibility index (Phi) is 4.96. The molecule has 2 aliphatic heterocycles. The number of carbonyl (C=O) groups excluding carboxylic acids is 2. The molecule has 0 bridgehead atoms. The number of anilines is 1. The van der Waals surface area contributed by atoms with Crippen LogP contribution in [-0.4, -0.2) is 60.9 Å². The van der Waals surface area contributed by atoms with Crippen molar-refractivity contribution in [2.75, 3.05) is 44.2 Å². The molecular formula is C20H24N4O3. The molecule has 0 saturated carbocycles. The number of benzene rings is 1. The Hall–Kier alpha value is -2.64. The fraction of sp³-hybridized carbons (Fsp3) is 0.400. The average molecular weight is 368 g/mol. The molecule has 2 amide bonds. The van der Waals surface area contributed by atoms with E-state index in [1.807, 2.05) is 23.1 Å². The lowest BCUT2D eigenvalue weighted by atomic mass is 10.2. The molecule has 1 aromatic carbocycles. The van der Waals surface area contributed by atoms with E-state index >= 15 is 0 Å². The molecular weight excluding hydrogens is 344 g/mol. The lowest BCUT2D eigenvalue weighted by molar-refractivity contribution is -0.120. The maximum absolute atomic E-state index is 12.7. The summed E-state index contributed by atoms with van der Waals surface area (Å²) in [6.07, 6.45) is 2.38. The molecule has 7 heteroatoms. The smallest absolute Gasteiger partial charge is 0.257 e. The number of hydrogen-bond donors (Lipinski definition) is 1. The summed E-state index contributed by atoms with van der Waals surface area (Å²) in [7, 11) is 0. The Balaban J connectivity index is 1.31. The van der Waals surface area contributed by atoms with E-state index in [0.29, 0.717) is 44.0 Å². The molecule has 1 fully saturated rings. The van der Waals surface area contributed by atoms with Crippen LogP contribution in [0.4, 0.5) is 5.69 Å². The van der Waals surface area contributed by atoms with Gasteiger partial charge in [0.1, 0.15) is 12.0 Å². The molecule has 27 heavy (non-hydrogen) atoms. The first-order valence-electron chi connectivity index (χ1n) is 9.33. The van der Waals surface area contributed by atoms with E-state index in [-0.39, 0.29) is 18.4 Å². The van der Waals surface area contributed by atoms with Gasteiger partial charge in [-0.25, -0.2) is 0 Å². The van der Waals surface area contributed by atoms with Gasteiger partial charge in [0.15, 0.2) is 0 Å². The van der Waals surface area contributed by atoms with Crippen molar-refractivity contribution in [3.8, 4) is 0 Å². The zero-order valence-electron chi connectivity index (χ0n) is 15.3. The SMILES string of the molecule is NCc1cc(C(=O)N2CCN(CC(=O)N3CCc4ccccc43)CC2)co1. The van der Waals surface area contributed by atoms with Gasteiger partial charge in [-0.1, -0.05) is 18.2 Å². The lowest BCUT2D eigenvalue weighted by Crippen LogP contribution is -2.51. The van der Waals surface area contributed by atoms with Gasteiger partial charge in [0.05, 0.1) is 18.7 Å². The third kappa shape index (κ3) is 3.61. The summed E-state index contributed by atoms with van der Waals surface area (Å²) in [5.41, 5.74) is 8.33. The maximum atomic E-state index is 12.7. The van der Waals surface area contributed by atoms with E-state index in [4.69, 9.17) is 10.2 Å². The Morgan fingerprint density at radius 1 is 1.07 bits per heavy atom. The quantitative estimate of drug-likeness (QED) is 0.873. The van der Waals surface area contributed by atoms with Crippen molar-refractivity contribution in [3.05, 3.63) is 53.5 Å². The normalized spacial score (nSPS) is 17.2. The topological polar surface area (TPSA) is 83.0 Å². The number of hydrogen-bond acceptors (Lipinski definition) is 5. The van der Waals surface area contributed by atoms with Crippen LogP contribution in [0, 0.1) is 0 Å². The van der Waals surface area contributed by atoms with Crippen LogP contribution in [-0.2, 0) is 17.8 Å². The second-order valence-corrected chi connectivity index (χ2v) is 7.00. The van der Waals surface area contributed by atoms with E-state index in [9.17, 15) is 9.59 Å². The van der Waals surface area contributed by atoms with Gasteiger partial charge >= 0.3 is 0 Å². The maximum Gasteiger partial charge on any atom is 0.257 e. The summed E-state index contributed by atoms with van der Waals surface area (Å²) in [6.45, 7) is 4.00. The highest BCUT2D eigenvalue weighted by atomic mass is 16.3. The molecule has 2 aliphatic rings. The third-order valence-electron chi connectivity index (χ3n) is 5.31. The van der Waals surface area contributed by atoms with Crippen LogP contribution in [0.1, 0.15) is 21.7 Å². The Labute approximate surface area is 158 Å². The van der Waals surface area contributed by atoms with Crippen molar-refractivity contribution in [1.29, 1.82) is 0 Å². The van der Waals surface area contributed by atoms with Gasteiger partial charge in [0.25, 0.3) is 5.91 Å². The molecule has 0 atom stereocenters. The first-order valence-corrected chi connectivity index (χ1v) is 9.33. The summed E-state index contributed by atoms with van der Waals surface area (Å²) in [5.74, 6) is 0.688. The number of carbonyl (C=O) groups is 2. The van der Waals surface area contributed by atoms with Crippen LogP contribution < -0.4 is 10.6 Å². The summed E-state index contributed by atoms with van der Waals surface area (Å²) in [5, 5.41) is 0. The molecule has 1 saturated heterocycles. The van der Waals surface area contributed by atoms with Crippen LogP contribution in [0.3, 0.4) is 0 Å². The summed E-state index contributed by atoms with van der Waals surface area (Å²) >= 11 is 0. The number of nitrogens with two attached hydrogens (primary N) is 1. The minimum absolute atomic E-state index is 0.0436. The highest BCUT2D eigenvalue weighted by molar-refractivity contribution is 5.97. The zero-order chi connectivity index (χ0) is 18.8. The van der Waals surface area contributed by atoms with E-state index in [1.54, 1.807) is 11.0 Å². The molecule has 0 aliphatic carbocycles. The second-order valence-electron chi connectivity index (χ2n) is 7.00. The molecule has 2 N–H and O–H groups in total. The largest absolute Gasteiger partial charge is 0.467 e. The van der Waals surface area contributed by atoms with Gasteiger partial charge in [-0.15, -0.1) is 0 Å². The predicted octanol–water partition coefficient (Wildman–Crippen LogP) is 1.09. The lowest BCUT2D eigenvalue weighted by Gasteiger charge is -2.34. The van der Waals surface area contributed by atoms with Crippen molar-refractivity contribution in [3.63, 3.8) is 0 Å². The van der Waals surface area contributed by atoms with Crippen molar-refractivity contribution in [2.45, 2.75) is 13.0 Å². The van der Waals surface area contributed by atoms with E-state index in [0.717, 1.165) is 18.7 Å². The van der Waals surface area contributed by atoms with Crippen LogP contribution in [0.25, 0.3) is 0 Å². The highest BCUT2D eigenvalue weighted by Crippen LogP contribution is 2.27. The van der Waals surface area contributed by atoms with E-state index < -0.39 is 0 Å². The fourth-order valence-electron chi connectivity index (χ4n) is 3.77. The summed E-state index contributed by atoms with van der Waals surface area (Å²) in [6, 6.07) is 9.78. The van der Waals surface area contributed by atoms with Gasteiger partial charge < -0.3 is 20.0 Å². The van der Waals surface area contributed by atoms with Gasteiger partial charge in [0.2, 0.25) is 5.91 Å². The minimum Gasteiger partial charge on any atom is -0.467 e. The molecule has 1 aromatic heterocycles. The zero-order valence-corrected chi connectivity index (χ0v) is 15.3. The summed E-state index contributed by atoms with van der Waals surface area (Å²) < 4.78 is 5.25. The van der Waals surface area contributed by atoms with Crippen molar-refractivity contribution in [2.24, 2.45) is 5.73 Å². The van der Waals surface area contributed by atoms with E-state index in [2.05, 4.69) is 11.0 Å². The predicted molar refractivity (Wildman–Crippen MR) is 101 cm³/mol. The van der Waals surface area contributed by atoms with Crippen LogP contribution in [0.5, 0.6) is 0 Å². The van der Waals surface area contributed by atoms with Gasteiger partial charge in [-0.2, -0.15) is 0 Å². The number of fused-ring (bicyclic) bond motifs is 1. The first-order chi connectivity index (χ1) is 13.2. The summed E-state index contributed by atoms with van der Waals surface area (Å²) in [4.78, 5) is 31.1. The standard InChI is InChI=1S/C20H24N4O3/c21-12-17-11-16(14-27-17)20(26)23-9-7-22(8-10-23)13-19(25)24-6-5-15-3-1-2-4-18(15)24/h1-4,11,14H,5-10,12-13,21H2. The van der Waals surface area contributed by atoms with Crippen molar-refractivity contribution in [1.82, 2.24) is 9.80 Å². The van der Waals surface area contributed by atoms with Gasteiger partial charge in [-0.3, -0.25) is 14.5 Å². The Bertz CT molecular complexity index is 839. The molecule has 2 aromatic rings. The number of piperazine rings is 1. The van der Waals surface area contributed by atoms with Crippen LogP contribution in [0.15, 0.2) is 41.0 Å². The Morgan fingerprint density at radius 2 is 1.85 bits per heavy atom. The highest BCUT2D eigenvalue weighted by Gasteiger charge is 2.28. The minimum atomic E-state index is -0.0436. The molecule has 0 unspecified atom stereocenters. The van der Waals surface area contributed by atoms with Gasteiger partial charge in [-0.05, 0) is 24.1 Å². The van der Waals surface area contributed by atoms with Crippen LogP contribution >= 0.6 is 0 Å². The first kappa shape index (κ1) is 17.8. The number of para-hydroxylation sites is 1. The van der Waals surface area contributed by atoms with Crippen LogP contribution in [0.2, 0.25) is 0 Å². The third-order valence-corrected chi connectivity index (χ3v) is 5.31. The molecule has 0 radical (unpaired) electrons. The molecule has 0 spiro atoms. The molecule has 4 rings (SSSR count). The Morgan fingerprint density at radius 3 is 2.59 bits per heavy atom. The molecule has 142 valence electrons. The van der Waals surface area contributed by atoms with Crippen molar-refractivity contribution >= 4 is 17.5 Å². The number of nitrogens with zero attached hydrogens (tertiary/aromatic N) is 3. The van der Waals surface area contributed by atoms with Crippen molar-refractivity contribution < 1.29 is 14.0 Å². The second kappa shape index (κ2) is 7.54. The molecule has 7 nitrogen and oxygen atoms in total. The van der Waals surface area contributed by atoms with E-state index in [1.165, 1.54) is 11.8 Å². The van der Waals surface area contributed by atoms with Gasteiger partial charge in [0, 0.05) is 38.4 Å².